The molecular weight excluding hydrogens is 372 g/mol. The second kappa shape index (κ2) is 6.57. The van der Waals surface area contributed by atoms with E-state index in [0.717, 1.165) is 11.4 Å². The van der Waals surface area contributed by atoms with E-state index < -0.39 is 5.97 Å². The van der Waals surface area contributed by atoms with Crippen molar-refractivity contribution in [3.05, 3.63) is 69.6 Å². The number of carbonyl (C=O) groups is 1. The quantitative estimate of drug-likeness (QED) is 0.511. The highest BCUT2D eigenvalue weighted by Crippen LogP contribution is 2.23. The summed E-state index contributed by atoms with van der Waals surface area (Å²) in [6, 6.07) is 12.9. The number of ether oxygens (including phenoxy) is 1. The first kappa shape index (κ1) is 16.4. The molecule has 0 atom stereocenters. The predicted molar refractivity (Wildman–Crippen MR) is 96.0 cm³/mol. The average molecular weight is 387 g/mol. The number of benzene rings is 1. The molecule has 24 heavy (non-hydrogen) atoms. The normalized spacial score (nSPS) is 10.8. The number of carbonyl (C=O) groups excluding carboxylic acids is 1. The van der Waals surface area contributed by atoms with E-state index in [4.69, 9.17) is 4.74 Å². The Bertz CT molecular complexity index is 981. The molecule has 0 unspecified atom stereocenters. The molecule has 0 radical (unpaired) electrons. The van der Waals surface area contributed by atoms with Crippen LogP contribution in [0, 0.1) is 6.92 Å². The Morgan fingerprint density at radius 1 is 1.21 bits per heavy atom. The number of aromatic nitrogens is 2. The lowest BCUT2D eigenvalue weighted by Gasteiger charge is -2.18. The second-order valence-corrected chi connectivity index (χ2v) is 5.84. The van der Waals surface area contributed by atoms with Crippen LogP contribution < -0.4 is 5.43 Å². The van der Waals surface area contributed by atoms with Crippen molar-refractivity contribution in [3.63, 3.8) is 0 Å². The highest BCUT2D eigenvalue weighted by Gasteiger charge is 2.24. The molecule has 3 aromatic rings. The van der Waals surface area contributed by atoms with Crippen molar-refractivity contribution in [3.8, 4) is 5.69 Å². The third-order valence-electron chi connectivity index (χ3n) is 3.78. The van der Waals surface area contributed by atoms with Gasteiger partial charge in [-0.25, -0.2) is 9.78 Å². The van der Waals surface area contributed by atoms with E-state index >= 15 is 0 Å². The van der Waals surface area contributed by atoms with Crippen LogP contribution in [0.2, 0.25) is 0 Å². The Hall–Kier alpha value is -2.47. The lowest BCUT2D eigenvalue weighted by Crippen LogP contribution is -2.24. The minimum Gasteiger partial charge on any atom is -0.464 e. The van der Waals surface area contributed by atoms with Crippen LogP contribution >= 0.6 is 15.9 Å². The zero-order valence-electron chi connectivity index (χ0n) is 13.2. The van der Waals surface area contributed by atoms with Crippen molar-refractivity contribution in [1.82, 2.24) is 9.55 Å². The molecule has 0 aliphatic rings. The van der Waals surface area contributed by atoms with E-state index in [-0.39, 0.29) is 16.5 Å². The van der Waals surface area contributed by atoms with Gasteiger partial charge < -0.3 is 4.74 Å². The monoisotopic (exact) mass is 386 g/mol. The number of nitrogens with zero attached hydrogens (tertiary/aromatic N) is 2. The third kappa shape index (κ3) is 2.63. The number of halogens is 1. The maximum atomic E-state index is 12.8. The van der Waals surface area contributed by atoms with E-state index in [9.17, 15) is 9.59 Å². The van der Waals surface area contributed by atoms with Gasteiger partial charge in [-0.05, 0) is 31.2 Å². The molecule has 0 amide bonds. The first-order chi connectivity index (χ1) is 11.6. The Labute approximate surface area is 147 Å². The first-order valence-electron chi connectivity index (χ1n) is 7.33. The number of para-hydroxylation sites is 1. The zero-order valence-corrected chi connectivity index (χ0v) is 14.8. The van der Waals surface area contributed by atoms with Gasteiger partial charge in [0.15, 0.2) is 5.43 Å². The predicted octanol–water partition coefficient (Wildman–Crippen LogP) is 3.38. The van der Waals surface area contributed by atoms with E-state index in [2.05, 4.69) is 20.9 Å². The van der Waals surface area contributed by atoms with Crippen LogP contribution in [0.3, 0.4) is 0 Å². The number of rotatable bonds is 3. The van der Waals surface area contributed by atoms with Crippen LogP contribution in [-0.2, 0) is 10.1 Å². The highest BCUT2D eigenvalue weighted by molar-refractivity contribution is 9.08. The van der Waals surface area contributed by atoms with Crippen LogP contribution in [0.25, 0.3) is 16.7 Å². The summed E-state index contributed by atoms with van der Waals surface area (Å²) >= 11 is 3.32. The van der Waals surface area contributed by atoms with Gasteiger partial charge in [0.05, 0.1) is 12.5 Å². The Balaban J connectivity index is 2.58. The minimum absolute atomic E-state index is 0.191. The van der Waals surface area contributed by atoms with E-state index in [0.29, 0.717) is 16.6 Å². The van der Waals surface area contributed by atoms with Crippen molar-refractivity contribution >= 4 is 32.9 Å². The topological polar surface area (TPSA) is 61.2 Å². The Morgan fingerprint density at radius 2 is 1.92 bits per heavy atom. The van der Waals surface area contributed by atoms with Crippen molar-refractivity contribution < 1.29 is 9.53 Å². The van der Waals surface area contributed by atoms with Crippen LogP contribution in [0.1, 0.15) is 21.7 Å². The molecule has 0 aliphatic carbocycles. The molecule has 0 N–H and O–H groups in total. The van der Waals surface area contributed by atoms with Gasteiger partial charge in [0, 0.05) is 22.3 Å². The van der Waals surface area contributed by atoms with Crippen LogP contribution in [0.15, 0.2) is 47.3 Å². The molecule has 1 aromatic carbocycles. The van der Waals surface area contributed by atoms with Crippen LogP contribution in [-0.4, -0.2) is 22.6 Å². The molecule has 2 heterocycles. The molecule has 5 nitrogen and oxygen atoms in total. The molecule has 2 aromatic heterocycles. The van der Waals surface area contributed by atoms with Crippen molar-refractivity contribution in [2.75, 3.05) is 7.11 Å². The maximum Gasteiger partial charge on any atom is 0.355 e. The molecule has 122 valence electrons. The summed E-state index contributed by atoms with van der Waals surface area (Å²) < 4.78 is 6.61. The van der Waals surface area contributed by atoms with Gasteiger partial charge in [0.2, 0.25) is 0 Å². The Kier molecular flexibility index (Phi) is 4.49. The lowest BCUT2D eigenvalue weighted by atomic mass is 10.1. The highest BCUT2D eigenvalue weighted by atomic mass is 79.9. The summed E-state index contributed by atoms with van der Waals surface area (Å²) in [6.07, 6.45) is 0. The van der Waals surface area contributed by atoms with Crippen LogP contribution in [0.4, 0.5) is 0 Å². The summed E-state index contributed by atoms with van der Waals surface area (Å²) in [5.41, 5.74) is 2.26. The summed E-state index contributed by atoms with van der Waals surface area (Å²) in [7, 11) is 1.30. The number of pyridine rings is 2. The summed E-state index contributed by atoms with van der Waals surface area (Å²) in [6.45, 7) is 1.84. The largest absolute Gasteiger partial charge is 0.464 e. The van der Waals surface area contributed by atoms with Crippen LogP contribution in [0.5, 0.6) is 0 Å². The fourth-order valence-electron chi connectivity index (χ4n) is 2.67. The summed E-state index contributed by atoms with van der Waals surface area (Å²) in [4.78, 5) is 29.7. The molecule has 0 saturated carbocycles. The van der Waals surface area contributed by atoms with E-state index in [1.807, 2.05) is 37.3 Å². The smallest absolute Gasteiger partial charge is 0.355 e. The molecular formula is C18H15BrN2O3. The van der Waals surface area contributed by atoms with Gasteiger partial charge in [0.25, 0.3) is 0 Å². The fraction of sp³-hybridized carbons (Fsp3) is 0.167. The lowest BCUT2D eigenvalue weighted by molar-refractivity contribution is 0.0590. The van der Waals surface area contributed by atoms with E-state index in [1.165, 1.54) is 7.11 Å². The van der Waals surface area contributed by atoms with Gasteiger partial charge >= 0.3 is 5.97 Å². The van der Waals surface area contributed by atoms with E-state index in [1.54, 1.807) is 16.7 Å². The molecule has 0 saturated heterocycles. The second-order valence-electron chi connectivity index (χ2n) is 5.28. The minimum atomic E-state index is -0.574. The summed E-state index contributed by atoms with van der Waals surface area (Å²) in [5.74, 6) is -0.574. The zero-order chi connectivity index (χ0) is 17.3. The number of esters is 1. The van der Waals surface area contributed by atoms with Gasteiger partial charge in [0.1, 0.15) is 11.3 Å². The van der Waals surface area contributed by atoms with Gasteiger partial charge in [-0.15, -0.1) is 0 Å². The molecule has 6 heteroatoms. The number of alkyl halides is 1. The molecule has 0 bridgehead atoms. The number of hydrogen-bond acceptors (Lipinski definition) is 4. The SMILES string of the molecule is COC(=O)c1c(CBr)c(=O)c2ccc(C)nc2n1-c1ccccc1. The number of hydrogen-bond donors (Lipinski definition) is 0. The number of methoxy groups -OCH3 is 1. The molecule has 0 fully saturated rings. The third-order valence-corrected chi connectivity index (χ3v) is 4.34. The van der Waals surface area contributed by atoms with Crippen molar-refractivity contribution in [2.24, 2.45) is 0 Å². The first-order valence-corrected chi connectivity index (χ1v) is 8.45. The average Bonchev–Trinajstić information content (AvgIpc) is 2.61. The number of fused-ring (bicyclic) bond motifs is 1. The fourth-order valence-corrected chi connectivity index (χ4v) is 3.19. The Morgan fingerprint density at radius 3 is 2.54 bits per heavy atom. The number of aryl methyl sites for hydroxylation is 1. The standard InChI is InChI=1S/C18H15BrN2O3/c1-11-8-9-13-16(22)14(10-19)15(18(23)24-2)21(17(13)20-11)12-6-4-3-5-7-12/h3-9H,10H2,1-2H3. The molecule has 0 aliphatic heterocycles. The van der Waals surface area contributed by atoms with Crippen molar-refractivity contribution in [2.45, 2.75) is 12.3 Å². The van der Waals surface area contributed by atoms with Gasteiger partial charge in [-0.3, -0.25) is 9.36 Å². The van der Waals surface area contributed by atoms with Crippen molar-refractivity contribution in [1.29, 1.82) is 0 Å². The molecule has 0 spiro atoms. The summed E-state index contributed by atoms with van der Waals surface area (Å²) in [5, 5.41) is 0.707. The van der Waals surface area contributed by atoms with Gasteiger partial charge in [-0.2, -0.15) is 0 Å². The van der Waals surface area contributed by atoms with Gasteiger partial charge in [-0.1, -0.05) is 34.1 Å². The maximum absolute atomic E-state index is 12.8. The molecule has 3 rings (SSSR count).